The Morgan fingerprint density at radius 2 is 1.24 bits per heavy atom. The molecule has 3 fully saturated rings. The summed E-state index contributed by atoms with van der Waals surface area (Å²) in [6.45, 7) is 0.508. The third-order valence-corrected chi connectivity index (χ3v) is 7.61. The Morgan fingerprint density at radius 3 is 1.76 bits per heavy atom. The van der Waals surface area contributed by atoms with E-state index >= 15 is 0 Å². The molecule has 38 heavy (non-hydrogen) atoms. The van der Waals surface area contributed by atoms with Crippen LogP contribution in [0.25, 0.3) is 0 Å². The van der Waals surface area contributed by atoms with Crippen LogP contribution in [0, 0.1) is 11.8 Å². The van der Waals surface area contributed by atoms with Crippen LogP contribution in [-0.4, -0.2) is 92.3 Å². The first-order valence-corrected chi connectivity index (χ1v) is 12.5. The average Bonchev–Trinajstić information content (AvgIpc) is 3.55. The average molecular weight is 535 g/mol. The van der Waals surface area contributed by atoms with E-state index in [1.54, 1.807) is 26.4 Å². The van der Waals surface area contributed by atoms with Gasteiger partial charge in [-0.15, -0.1) is 0 Å². The quantitative estimate of drug-likeness (QED) is 0.384. The van der Waals surface area contributed by atoms with Gasteiger partial charge in [0.15, 0.2) is 23.0 Å². The summed E-state index contributed by atoms with van der Waals surface area (Å²) in [6, 6.07) is 11.1. The summed E-state index contributed by atoms with van der Waals surface area (Å²) in [4.78, 5) is 0. The molecule has 11 nitrogen and oxygen atoms in total. The maximum absolute atomic E-state index is 10.3. The normalized spacial score (nSPS) is 34.6. The maximum Gasteiger partial charge on any atom is 0.229 e. The van der Waals surface area contributed by atoms with E-state index in [2.05, 4.69) is 0 Å². The Kier molecular flexibility index (Phi) is 7.96. The number of hydrogen-bond acceptors (Lipinski definition) is 11. The zero-order valence-corrected chi connectivity index (χ0v) is 21.4. The second-order valence-electron chi connectivity index (χ2n) is 9.68. The highest BCUT2D eigenvalue weighted by Crippen LogP contribution is 2.51. The van der Waals surface area contributed by atoms with Crippen molar-refractivity contribution in [3.05, 3.63) is 47.5 Å². The van der Waals surface area contributed by atoms with Crippen LogP contribution in [0.2, 0.25) is 0 Å². The molecule has 5 rings (SSSR count). The molecule has 0 saturated carbocycles. The van der Waals surface area contributed by atoms with Crippen molar-refractivity contribution in [2.45, 2.75) is 42.9 Å². The van der Waals surface area contributed by atoms with Crippen LogP contribution in [0.1, 0.15) is 23.3 Å². The molecule has 0 bridgehead atoms. The molecular formula is C27H34O11. The van der Waals surface area contributed by atoms with E-state index in [0.29, 0.717) is 30.5 Å². The Labute approximate surface area is 220 Å². The first-order valence-electron chi connectivity index (χ1n) is 12.5. The van der Waals surface area contributed by atoms with Gasteiger partial charge in [0, 0.05) is 11.8 Å². The summed E-state index contributed by atoms with van der Waals surface area (Å²) < 4.78 is 40.1. The van der Waals surface area contributed by atoms with Crippen molar-refractivity contribution in [3.63, 3.8) is 0 Å². The maximum atomic E-state index is 10.3. The van der Waals surface area contributed by atoms with E-state index in [1.165, 1.54) is 7.11 Å². The molecule has 2 aromatic rings. The second kappa shape index (κ2) is 11.2. The molecule has 208 valence electrons. The number of ether oxygens (including phenoxy) is 7. The molecule has 0 aliphatic carbocycles. The van der Waals surface area contributed by atoms with E-state index in [0.717, 1.165) is 11.1 Å². The van der Waals surface area contributed by atoms with Gasteiger partial charge in [-0.25, -0.2) is 0 Å². The smallest absolute Gasteiger partial charge is 0.229 e. The lowest BCUT2D eigenvalue weighted by Gasteiger charge is -2.39. The molecule has 3 heterocycles. The molecule has 0 unspecified atom stereocenters. The predicted molar refractivity (Wildman–Crippen MR) is 131 cm³/mol. The van der Waals surface area contributed by atoms with Crippen LogP contribution in [-0.2, 0) is 14.2 Å². The van der Waals surface area contributed by atoms with Gasteiger partial charge in [-0.05, 0) is 35.4 Å². The van der Waals surface area contributed by atoms with Crippen molar-refractivity contribution < 1.29 is 53.6 Å². The highest BCUT2D eigenvalue weighted by Gasteiger charge is 2.49. The Morgan fingerprint density at radius 1 is 0.711 bits per heavy atom. The third-order valence-electron chi connectivity index (χ3n) is 7.61. The van der Waals surface area contributed by atoms with Gasteiger partial charge in [-0.2, -0.15) is 0 Å². The van der Waals surface area contributed by atoms with E-state index in [1.807, 2.05) is 24.3 Å². The fourth-order valence-electron chi connectivity index (χ4n) is 5.51. The largest absolute Gasteiger partial charge is 0.493 e. The van der Waals surface area contributed by atoms with Crippen molar-refractivity contribution in [3.8, 4) is 23.0 Å². The summed E-state index contributed by atoms with van der Waals surface area (Å²) in [6.07, 6.45) is -7.29. The van der Waals surface area contributed by atoms with Gasteiger partial charge in [0.05, 0.1) is 53.4 Å². The number of fused-ring (bicyclic) bond motifs is 1. The summed E-state index contributed by atoms with van der Waals surface area (Å²) in [5.41, 5.74) is 1.88. The Hall–Kier alpha value is -2.64. The third kappa shape index (κ3) is 4.79. The SMILES string of the molecule is COc1ccc([C@@H]2OC[C@H]3[C@H]2CO[C@@H]3c2ccc(O[C@@H]3O[C@@H](CO)[C@@H](O)[C@H](O)[C@H]3O)c(OC)c2)cc1OC. The number of rotatable bonds is 8. The van der Waals surface area contributed by atoms with Gasteiger partial charge in [0.1, 0.15) is 24.4 Å². The highest BCUT2D eigenvalue weighted by molar-refractivity contribution is 5.45. The number of aliphatic hydroxyl groups is 4. The fraction of sp³-hybridized carbons (Fsp3) is 0.556. The van der Waals surface area contributed by atoms with Crippen LogP contribution >= 0.6 is 0 Å². The summed E-state index contributed by atoms with van der Waals surface area (Å²) in [7, 11) is 4.69. The first-order chi connectivity index (χ1) is 18.4. The molecule has 3 saturated heterocycles. The minimum Gasteiger partial charge on any atom is -0.493 e. The molecule has 2 aromatic carbocycles. The van der Waals surface area contributed by atoms with Crippen LogP contribution in [0.4, 0.5) is 0 Å². The minimum atomic E-state index is -1.54. The van der Waals surface area contributed by atoms with Crippen molar-refractivity contribution in [1.29, 1.82) is 0 Å². The Bertz CT molecular complexity index is 1110. The minimum absolute atomic E-state index is 0.120. The molecule has 9 atom stereocenters. The van der Waals surface area contributed by atoms with E-state index in [9.17, 15) is 20.4 Å². The molecule has 0 spiro atoms. The van der Waals surface area contributed by atoms with Crippen molar-refractivity contribution in [1.82, 2.24) is 0 Å². The highest BCUT2D eigenvalue weighted by atomic mass is 16.7. The van der Waals surface area contributed by atoms with Gasteiger partial charge in [0.25, 0.3) is 0 Å². The zero-order valence-electron chi connectivity index (χ0n) is 21.4. The van der Waals surface area contributed by atoms with Gasteiger partial charge in [-0.3, -0.25) is 0 Å². The van der Waals surface area contributed by atoms with Crippen LogP contribution < -0.4 is 18.9 Å². The number of methoxy groups -OCH3 is 3. The molecule has 11 heteroatoms. The molecule has 4 N–H and O–H groups in total. The lowest BCUT2D eigenvalue weighted by Crippen LogP contribution is -2.60. The fourth-order valence-corrected chi connectivity index (χ4v) is 5.51. The van der Waals surface area contributed by atoms with Gasteiger partial charge in [-0.1, -0.05) is 12.1 Å². The molecular weight excluding hydrogens is 500 g/mol. The lowest BCUT2D eigenvalue weighted by molar-refractivity contribution is -0.277. The van der Waals surface area contributed by atoms with Crippen LogP contribution in [0.15, 0.2) is 36.4 Å². The predicted octanol–water partition coefficient (Wildman–Crippen LogP) is 0.966. The number of benzene rings is 2. The standard InChI is InChI=1S/C27H34O11/c1-32-17-6-4-13(8-19(17)33-2)25-15-11-36-26(16(15)12-35-25)14-5-7-18(20(9-14)34-3)37-27-24(31)23(30)22(29)21(10-28)38-27/h4-9,15-16,21-31H,10-12H2,1-3H3/t15-,16+,21+,22-,23+,24-,25+,26-,27-/m1/s1. The van der Waals surface area contributed by atoms with E-state index < -0.39 is 37.3 Å². The van der Waals surface area contributed by atoms with Gasteiger partial charge in [0.2, 0.25) is 6.29 Å². The molecule has 3 aliphatic rings. The van der Waals surface area contributed by atoms with Crippen LogP contribution in [0.5, 0.6) is 23.0 Å². The van der Waals surface area contributed by atoms with Gasteiger partial charge < -0.3 is 53.6 Å². The topological polar surface area (TPSA) is 146 Å². The summed E-state index contributed by atoms with van der Waals surface area (Å²) >= 11 is 0. The monoisotopic (exact) mass is 534 g/mol. The van der Waals surface area contributed by atoms with Crippen LogP contribution in [0.3, 0.4) is 0 Å². The number of aliphatic hydroxyl groups excluding tert-OH is 4. The van der Waals surface area contributed by atoms with E-state index in [-0.39, 0.29) is 29.8 Å². The van der Waals surface area contributed by atoms with Crippen molar-refractivity contribution >= 4 is 0 Å². The first kappa shape index (κ1) is 26.9. The summed E-state index contributed by atoms with van der Waals surface area (Å²) in [5.74, 6) is 2.21. The van der Waals surface area contributed by atoms with Crippen molar-refractivity contribution in [2.24, 2.45) is 11.8 Å². The Balaban J connectivity index is 1.31. The molecule has 3 aliphatic heterocycles. The molecule has 0 aromatic heterocycles. The van der Waals surface area contributed by atoms with Crippen molar-refractivity contribution in [2.75, 3.05) is 41.2 Å². The summed E-state index contributed by atoms with van der Waals surface area (Å²) in [5, 5.41) is 39.8. The van der Waals surface area contributed by atoms with E-state index in [4.69, 9.17) is 33.2 Å². The molecule has 0 amide bonds. The zero-order chi connectivity index (χ0) is 27.0. The van der Waals surface area contributed by atoms with Gasteiger partial charge >= 0.3 is 0 Å². The molecule has 0 radical (unpaired) electrons. The number of hydrogen-bond donors (Lipinski definition) is 4. The lowest BCUT2D eigenvalue weighted by atomic mass is 9.85. The second-order valence-corrected chi connectivity index (χ2v) is 9.68.